The van der Waals surface area contributed by atoms with Gasteiger partial charge in [0, 0.05) is 19.2 Å². The maximum Gasteiger partial charge on any atom is 0.264 e. The molecule has 0 spiro atoms. The lowest BCUT2D eigenvalue weighted by Gasteiger charge is -2.29. The molecule has 2 aliphatic rings. The zero-order valence-corrected chi connectivity index (χ0v) is 18.5. The van der Waals surface area contributed by atoms with Gasteiger partial charge >= 0.3 is 0 Å². The van der Waals surface area contributed by atoms with Crippen molar-refractivity contribution in [1.29, 1.82) is 0 Å². The Labute approximate surface area is 182 Å². The van der Waals surface area contributed by atoms with Gasteiger partial charge in [0.15, 0.2) is 11.5 Å². The molecule has 1 atom stereocenters. The molecule has 6 heteroatoms. The molecule has 0 bridgehead atoms. The van der Waals surface area contributed by atoms with Crippen molar-refractivity contribution in [3.8, 4) is 11.5 Å². The van der Waals surface area contributed by atoms with E-state index in [-0.39, 0.29) is 12.0 Å². The van der Waals surface area contributed by atoms with Crippen molar-refractivity contribution in [1.82, 2.24) is 4.90 Å². The summed E-state index contributed by atoms with van der Waals surface area (Å²) in [5.41, 5.74) is 1.06. The predicted molar refractivity (Wildman–Crippen MR) is 119 cm³/mol. The summed E-state index contributed by atoms with van der Waals surface area (Å²) in [7, 11) is 1.66. The quantitative estimate of drug-likeness (QED) is 0.572. The molecule has 2 aromatic rings. The summed E-state index contributed by atoms with van der Waals surface area (Å²) in [6, 6.07) is 10.2. The molecule has 162 valence electrons. The van der Waals surface area contributed by atoms with Crippen LogP contribution in [0, 0.1) is 0 Å². The number of thiophene rings is 1. The number of nitrogens with zero attached hydrogens (tertiary/aromatic N) is 1. The van der Waals surface area contributed by atoms with Crippen LogP contribution in [0.4, 0.5) is 0 Å². The van der Waals surface area contributed by atoms with Gasteiger partial charge in [-0.2, -0.15) is 0 Å². The van der Waals surface area contributed by atoms with Crippen molar-refractivity contribution in [2.24, 2.45) is 0 Å². The molecule has 1 saturated heterocycles. The topological polar surface area (TPSA) is 48.0 Å². The lowest BCUT2D eigenvalue weighted by molar-refractivity contribution is -0.0114. The molecule has 1 amide bonds. The van der Waals surface area contributed by atoms with Crippen LogP contribution in [0.5, 0.6) is 11.5 Å². The van der Waals surface area contributed by atoms with E-state index in [2.05, 4.69) is 0 Å². The SMILES string of the molecule is COc1cc(CN(C(=O)c2cccs2)C2CCCC2)ccc1OC[C@H]1CCCCO1. The lowest BCUT2D eigenvalue weighted by Crippen LogP contribution is -2.37. The molecule has 2 heterocycles. The minimum absolute atomic E-state index is 0.130. The molecule has 1 aliphatic heterocycles. The maximum atomic E-state index is 13.2. The van der Waals surface area contributed by atoms with Crippen LogP contribution >= 0.6 is 11.3 Å². The summed E-state index contributed by atoms with van der Waals surface area (Å²) < 4.78 is 17.4. The Bertz CT molecular complexity index is 811. The number of benzene rings is 1. The van der Waals surface area contributed by atoms with Crippen LogP contribution in [0.2, 0.25) is 0 Å². The Balaban J connectivity index is 1.46. The molecule has 2 fully saturated rings. The number of amides is 1. The van der Waals surface area contributed by atoms with Crippen molar-refractivity contribution >= 4 is 17.2 Å². The molecule has 4 rings (SSSR count). The molecule has 1 saturated carbocycles. The number of hydrogen-bond acceptors (Lipinski definition) is 5. The van der Waals surface area contributed by atoms with Crippen LogP contribution < -0.4 is 9.47 Å². The number of carbonyl (C=O) groups is 1. The van der Waals surface area contributed by atoms with Gasteiger partial charge in [-0.05, 0) is 61.2 Å². The standard InChI is InChI=1S/C24H31NO4S/c1-27-22-15-18(11-12-21(22)29-17-20-9-4-5-13-28-20)16-25(19-7-2-3-8-19)24(26)23-10-6-14-30-23/h6,10-12,14-15,19-20H,2-5,7-9,13,16-17H2,1H3/t20-/m1/s1. The third-order valence-electron chi connectivity index (χ3n) is 6.04. The summed E-state index contributed by atoms with van der Waals surface area (Å²) in [5, 5.41) is 1.96. The van der Waals surface area contributed by atoms with E-state index in [0.717, 1.165) is 48.5 Å². The zero-order chi connectivity index (χ0) is 20.8. The van der Waals surface area contributed by atoms with E-state index >= 15 is 0 Å². The van der Waals surface area contributed by atoms with Gasteiger partial charge in [-0.1, -0.05) is 25.0 Å². The van der Waals surface area contributed by atoms with Gasteiger partial charge in [0.1, 0.15) is 6.61 Å². The molecule has 30 heavy (non-hydrogen) atoms. The minimum atomic E-state index is 0.130. The van der Waals surface area contributed by atoms with Gasteiger partial charge in [-0.3, -0.25) is 4.79 Å². The first-order valence-electron chi connectivity index (χ1n) is 11.0. The third kappa shape index (κ3) is 5.16. The Kier molecular flexibility index (Phi) is 7.28. The van der Waals surface area contributed by atoms with Gasteiger partial charge in [0.05, 0.1) is 18.1 Å². The molecular formula is C24H31NO4S. The zero-order valence-electron chi connectivity index (χ0n) is 17.7. The number of ether oxygens (including phenoxy) is 3. The maximum absolute atomic E-state index is 13.2. The Morgan fingerprint density at radius 3 is 2.67 bits per heavy atom. The van der Waals surface area contributed by atoms with E-state index in [1.807, 2.05) is 40.6 Å². The van der Waals surface area contributed by atoms with Crippen LogP contribution in [0.3, 0.4) is 0 Å². The average molecular weight is 430 g/mol. The summed E-state index contributed by atoms with van der Waals surface area (Å²) in [6.45, 7) is 1.95. The van der Waals surface area contributed by atoms with Crippen molar-refractivity contribution in [3.05, 3.63) is 46.2 Å². The van der Waals surface area contributed by atoms with Crippen LogP contribution in [-0.4, -0.2) is 43.3 Å². The smallest absolute Gasteiger partial charge is 0.264 e. The van der Waals surface area contributed by atoms with E-state index in [1.165, 1.54) is 30.6 Å². The van der Waals surface area contributed by atoms with E-state index in [1.54, 1.807) is 7.11 Å². The largest absolute Gasteiger partial charge is 0.493 e. The van der Waals surface area contributed by atoms with Gasteiger partial charge < -0.3 is 19.1 Å². The first-order chi connectivity index (χ1) is 14.7. The first-order valence-corrected chi connectivity index (χ1v) is 11.9. The Morgan fingerprint density at radius 2 is 1.97 bits per heavy atom. The molecular weight excluding hydrogens is 398 g/mol. The van der Waals surface area contributed by atoms with Crippen LogP contribution in [0.25, 0.3) is 0 Å². The molecule has 1 aromatic heterocycles. The normalized spacial score (nSPS) is 19.6. The van der Waals surface area contributed by atoms with Gasteiger partial charge in [0.25, 0.3) is 5.91 Å². The van der Waals surface area contributed by atoms with Crippen molar-refractivity contribution in [2.75, 3.05) is 20.3 Å². The highest BCUT2D eigenvalue weighted by Crippen LogP contribution is 2.32. The summed E-state index contributed by atoms with van der Waals surface area (Å²) in [6.07, 6.45) is 8.07. The minimum Gasteiger partial charge on any atom is -0.493 e. The van der Waals surface area contributed by atoms with Crippen LogP contribution in [-0.2, 0) is 11.3 Å². The summed E-state index contributed by atoms with van der Waals surface area (Å²) >= 11 is 1.51. The number of methoxy groups -OCH3 is 1. The highest BCUT2D eigenvalue weighted by molar-refractivity contribution is 7.12. The molecule has 0 unspecified atom stereocenters. The Morgan fingerprint density at radius 1 is 1.13 bits per heavy atom. The van der Waals surface area contributed by atoms with Crippen LogP contribution in [0.15, 0.2) is 35.7 Å². The molecule has 0 N–H and O–H groups in total. The van der Waals surface area contributed by atoms with Gasteiger partial charge in [-0.15, -0.1) is 11.3 Å². The van der Waals surface area contributed by atoms with Crippen LogP contribution in [0.1, 0.15) is 60.2 Å². The second kappa shape index (κ2) is 10.3. The van der Waals surface area contributed by atoms with Crippen molar-refractivity contribution in [3.63, 3.8) is 0 Å². The fraction of sp³-hybridized carbons (Fsp3) is 0.542. The third-order valence-corrected chi connectivity index (χ3v) is 6.90. The molecule has 1 aromatic carbocycles. The van der Waals surface area contributed by atoms with Gasteiger partial charge in [-0.25, -0.2) is 0 Å². The monoisotopic (exact) mass is 429 g/mol. The highest BCUT2D eigenvalue weighted by atomic mass is 32.1. The summed E-state index contributed by atoms with van der Waals surface area (Å²) in [5.74, 6) is 1.57. The summed E-state index contributed by atoms with van der Waals surface area (Å²) in [4.78, 5) is 16.0. The second-order valence-electron chi connectivity index (χ2n) is 8.13. The van der Waals surface area contributed by atoms with Crippen molar-refractivity contribution in [2.45, 2.75) is 63.6 Å². The molecule has 1 aliphatic carbocycles. The first kappa shape index (κ1) is 21.2. The highest BCUT2D eigenvalue weighted by Gasteiger charge is 2.28. The van der Waals surface area contributed by atoms with Crippen molar-refractivity contribution < 1.29 is 19.0 Å². The fourth-order valence-electron chi connectivity index (χ4n) is 4.37. The fourth-order valence-corrected chi connectivity index (χ4v) is 5.05. The van der Waals surface area contributed by atoms with E-state index < -0.39 is 0 Å². The Hall–Kier alpha value is -2.05. The van der Waals surface area contributed by atoms with Gasteiger partial charge in [0.2, 0.25) is 0 Å². The second-order valence-corrected chi connectivity index (χ2v) is 9.08. The average Bonchev–Trinajstić information content (AvgIpc) is 3.51. The number of hydrogen-bond donors (Lipinski definition) is 0. The van der Waals surface area contributed by atoms with E-state index in [0.29, 0.717) is 24.9 Å². The lowest BCUT2D eigenvalue weighted by atomic mass is 10.1. The predicted octanol–water partition coefficient (Wildman–Crippen LogP) is 5.29. The van der Waals surface area contributed by atoms with E-state index in [9.17, 15) is 4.79 Å². The number of rotatable bonds is 8. The molecule has 0 radical (unpaired) electrons. The molecule has 5 nitrogen and oxygen atoms in total. The van der Waals surface area contributed by atoms with E-state index in [4.69, 9.17) is 14.2 Å². The number of carbonyl (C=O) groups excluding carboxylic acids is 1.